The van der Waals surface area contributed by atoms with Crippen molar-refractivity contribution in [2.45, 2.75) is 23.8 Å². The Morgan fingerprint density at radius 3 is 2.52 bits per heavy atom. The Balaban J connectivity index is 2.32. The first-order valence-electron chi connectivity index (χ1n) is 6.42. The van der Waals surface area contributed by atoms with Gasteiger partial charge in [0.25, 0.3) is 0 Å². The topological polar surface area (TPSA) is 66.4 Å². The van der Waals surface area contributed by atoms with E-state index in [9.17, 15) is 14.0 Å². The van der Waals surface area contributed by atoms with Gasteiger partial charge < -0.3 is 10.4 Å². The highest BCUT2D eigenvalue weighted by Crippen LogP contribution is 2.18. The van der Waals surface area contributed by atoms with E-state index in [0.29, 0.717) is 17.9 Å². The number of benzene rings is 1. The molecule has 2 N–H and O–H groups in total. The summed E-state index contributed by atoms with van der Waals surface area (Å²) in [6, 6.07) is 5.20. The van der Waals surface area contributed by atoms with Gasteiger partial charge in [-0.2, -0.15) is 11.8 Å². The van der Waals surface area contributed by atoms with E-state index in [2.05, 4.69) is 5.32 Å². The lowest BCUT2D eigenvalue weighted by Gasteiger charge is -2.13. The molecular weight excluding hydrogens is 313 g/mol. The Labute approximate surface area is 131 Å². The number of thioether (sulfide) groups is 2. The summed E-state index contributed by atoms with van der Waals surface area (Å²) >= 11 is 2.97. The lowest BCUT2D eigenvalue weighted by atomic mass is 10.2. The van der Waals surface area contributed by atoms with Crippen LogP contribution in [-0.2, 0) is 9.59 Å². The third-order valence-corrected chi connectivity index (χ3v) is 4.31. The molecular formula is C14H18FNO3S2. The summed E-state index contributed by atoms with van der Waals surface area (Å²) in [4.78, 5) is 23.6. The number of carboxylic acid groups (broad SMARTS) is 1. The van der Waals surface area contributed by atoms with Gasteiger partial charge in [-0.3, -0.25) is 4.79 Å². The summed E-state index contributed by atoms with van der Waals surface area (Å²) in [6.45, 7) is 0. The maximum atomic E-state index is 12.7. The molecule has 1 rings (SSSR count). The van der Waals surface area contributed by atoms with Crippen molar-refractivity contribution in [1.82, 2.24) is 5.32 Å². The molecule has 0 saturated heterocycles. The van der Waals surface area contributed by atoms with E-state index in [1.807, 2.05) is 6.26 Å². The Kier molecular flexibility index (Phi) is 8.22. The second-order valence-corrected chi connectivity index (χ2v) is 6.45. The second-order valence-electron chi connectivity index (χ2n) is 4.29. The van der Waals surface area contributed by atoms with Crippen molar-refractivity contribution in [3.8, 4) is 0 Å². The van der Waals surface area contributed by atoms with Crippen LogP contribution < -0.4 is 5.32 Å². The van der Waals surface area contributed by atoms with Gasteiger partial charge in [0, 0.05) is 17.1 Å². The van der Waals surface area contributed by atoms with E-state index in [0.717, 1.165) is 4.90 Å². The molecule has 0 radical (unpaired) electrons. The average Bonchev–Trinajstić information content (AvgIpc) is 2.45. The largest absolute Gasteiger partial charge is 0.480 e. The fourth-order valence-corrected chi connectivity index (χ4v) is 2.88. The third kappa shape index (κ3) is 7.38. The lowest BCUT2D eigenvalue weighted by Crippen LogP contribution is -2.41. The highest BCUT2D eigenvalue weighted by molar-refractivity contribution is 7.99. The summed E-state index contributed by atoms with van der Waals surface area (Å²) in [5.74, 6) is -0.384. The SMILES string of the molecule is CSCC[C@H](NC(=O)CCSc1ccc(F)cc1)C(=O)O. The van der Waals surface area contributed by atoms with Gasteiger partial charge >= 0.3 is 5.97 Å². The van der Waals surface area contributed by atoms with Gasteiger partial charge in [-0.25, -0.2) is 9.18 Å². The molecule has 0 fully saturated rings. The van der Waals surface area contributed by atoms with Crippen LogP contribution in [0.25, 0.3) is 0 Å². The molecule has 0 spiro atoms. The van der Waals surface area contributed by atoms with Gasteiger partial charge in [0.2, 0.25) is 5.91 Å². The molecule has 7 heteroatoms. The molecule has 1 aromatic carbocycles. The normalized spacial score (nSPS) is 11.9. The number of rotatable bonds is 9. The molecule has 0 unspecified atom stereocenters. The number of nitrogens with one attached hydrogen (secondary N) is 1. The van der Waals surface area contributed by atoms with Crippen molar-refractivity contribution in [2.24, 2.45) is 0 Å². The number of carbonyl (C=O) groups excluding carboxylic acids is 1. The monoisotopic (exact) mass is 331 g/mol. The summed E-state index contributed by atoms with van der Waals surface area (Å²) in [5, 5.41) is 11.5. The van der Waals surface area contributed by atoms with E-state index >= 15 is 0 Å². The smallest absolute Gasteiger partial charge is 0.326 e. The maximum Gasteiger partial charge on any atom is 0.326 e. The third-order valence-electron chi connectivity index (χ3n) is 2.66. The van der Waals surface area contributed by atoms with E-state index in [4.69, 9.17) is 5.11 Å². The van der Waals surface area contributed by atoms with Crippen LogP contribution in [0.5, 0.6) is 0 Å². The zero-order valence-corrected chi connectivity index (χ0v) is 13.3. The molecule has 0 aromatic heterocycles. The van der Waals surface area contributed by atoms with Crippen LogP contribution in [-0.4, -0.2) is 40.8 Å². The van der Waals surface area contributed by atoms with Crippen LogP contribution in [0.1, 0.15) is 12.8 Å². The van der Waals surface area contributed by atoms with Crippen LogP contribution in [0.3, 0.4) is 0 Å². The molecule has 116 valence electrons. The number of carbonyl (C=O) groups is 2. The fourth-order valence-electron chi connectivity index (χ4n) is 1.55. The van der Waals surface area contributed by atoms with Crippen molar-refractivity contribution >= 4 is 35.4 Å². The number of aliphatic carboxylic acids is 1. The lowest BCUT2D eigenvalue weighted by molar-refractivity contribution is -0.141. The fraction of sp³-hybridized carbons (Fsp3) is 0.429. The minimum atomic E-state index is -1.01. The van der Waals surface area contributed by atoms with Gasteiger partial charge in [0.05, 0.1) is 0 Å². The molecule has 0 saturated carbocycles. The van der Waals surface area contributed by atoms with Crippen molar-refractivity contribution in [3.63, 3.8) is 0 Å². The Hall–Kier alpha value is -1.21. The van der Waals surface area contributed by atoms with Gasteiger partial charge in [-0.1, -0.05) is 0 Å². The molecule has 0 bridgehead atoms. The highest BCUT2D eigenvalue weighted by Gasteiger charge is 2.18. The number of carboxylic acids is 1. The maximum absolute atomic E-state index is 12.7. The molecule has 0 aliphatic rings. The quantitative estimate of drug-likeness (QED) is 0.681. The minimum absolute atomic E-state index is 0.227. The standard InChI is InChI=1S/C14H18FNO3S2/c1-20-8-6-12(14(18)19)16-13(17)7-9-21-11-4-2-10(15)3-5-11/h2-5,12H,6-9H2,1H3,(H,16,17)(H,18,19)/t12-/m0/s1. The van der Waals surface area contributed by atoms with Crippen LogP contribution in [0.15, 0.2) is 29.2 Å². The molecule has 1 aromatic rings. The van der Waals surface area contributed by atoms with Gasteiger partial charge in [-0.05, 0) is 42.7 Å². The predicted octanol–water partition coefficient (Wildman–Crippen LogP) is 2.63. The van der Waals surface area contributed by atoms with Gasteiger partial charge in [0.15, 0.2) is 0 Å². The molecule has 1 atom stereocenters. The predicted molar refractivity (Wildman–Crippen MR) is 84.3 cm³/mol. The number of hydrogen-bond donors (Lipinski definition) is 2. The summed E-state index contributed by atoms with van der Waals surface area (Å²) < 4.78 is 12.7. The molecule has 0 heterocycles. The number of amides is 1. The minimum Gasteiger partial charge on any atom is -0.480 e. The zero-order chi connectivity index (χ0) is 15.7. The van der Waals surface area contributed by atoms with E-state index in [1.54, 1.807) is 23.9 Å². The van der Waals surface area contributed by atoms with Crippen LogP contribution in [0, 0.1) is 5.82 Å². The first-order chi connectivity index (χ1) is 10.0. The number of halogens is 1. The van der Waals surface area contributed by atoms with Crippen LogP contribution in [0.4, 0.5) is 4.39 Å². The van der Waals surface area contributed by atoms with Crippen LogP contribution >= 0.6 is 23.5 Å². The molecule has 1 amide bonds. The zero-order valence-electron chi connectivity index (χ0n) is 11.7. The molecule has 0 aliphatic carbocycles. The van der Waals surface area contributed by atoms with Crippen molar-refractivity contribution in [1.29, 1.82) is 0 Å². The van der Waals surface area contributed by atoms with Crippen molar-refractivity contribution in [3.05, 3.63) is 30.1 Å². The summed E-state index contributed by atoms with van der Waals surface area (Å²) in [6.07, 6.45) is 2.53. The first kappa shape index (κ1) is 17.8. The average molecular weight is 331 g/mol. The van der Waals surface area contributed by atoms with Gasteiger partial charge in [-0.15, -0.1) is 11.8 Å². The molecule has 0 aliphatic heterocycles. The Bertz CT molecular complexity index is 468. The van der Waals surface area contributed by atoms with Crippen molar-refractivity contribution < 1.29 is 19.1 Å². The first-order valence-corrected chi connectivity index (χ1v) is 8.80. The van der Waals surface area contributed by atoms with E-state index in [1.165, 1.54) is 23.9 Å². The van der Waals surface area contributed by atoms with E-state index in [-0.39, 0.29) is 18.1 Å². The Morgan fingerprint density at radius 1 is 1.29 bits per heavy atom. The molecule has 4 nitrogen and oxygen atoms in total. The Morgan fingerprint density at radius 2 is 1.95 bits per heavy atom. The summed E-state index contributed by atoms with van der Waals surface area (Å²) in [7, 11) is 0. The number of hydrogen-bond acceptors (Lipinski definition) is 4. The van der Waals surface area contributed by atoms with Crippen LogP contribution in [0.2, 0.25) is 0 Å². The van der Waals surface area contributed by atoms with E-state index < -0.39 is 12.0 Å². The second kappa shape index (κ2) is 9.68. The molecule has 21 heavy (non-hydrogen) atoms. The summed E-state index contributed by atoms with van der Waals surface area (Å²) in [5.41, 5.74) is 0. The highest BCUT2D eigenvalue weighted by atomic mass is 32.2. The van der Waals surface area contributed by atoms with Gasteiger partial charge in [0.1, 0.15) is 11.9 Å². The van der Waals surface area contributed by atoms with Crippen molar-refractivity contribution in [2.75, 3.05) is 17.8 Å².